The van der Waals surface area contributed by atoms with Crippen LogP contribution in [0.15, 0.2) is 48.5 Å². The normalized spacial score (nSPS) is 10.7. The number of ketones is 1. The Labute approximate surface area is 170 Å². The first-order valence-electron chi connectivity index (χ1n) is 9.31. The van der Waals surface area contributed by atoms with Gasteiger partial charge in [0.1, 0.15) is 5.75 Å². The predicted molar refractivity (Wildman–Crippen MR) is 112 cm³/mol. The van der Waals surface area contributed by atoms with E-state index in [-0.39, 0.29) is 5.78 Å². The summed E-state index contributed by atoms with van der Waals surface area (Å²) in [5, 5.41) is 8.47. The zero-order valence-electron chi connectivity index (χ0n) is 16.3. The van der Waals surface area contributed by atoms with Gasteiger partial charge in [0.05, 0.1) is 11.3 Å². The molecule has 0 fully saturated rings. The third-order valence-corrected chi connectivity index (χ3v) is 4.69. The largest absolute Gasteiger partial charge is 0.439 e. The van der Waals surface area contributed by atoms with E-state index in [4.69, 9.17) is 16.3 Å². The second-order valence-electron chi connectivity index (χ2n) is 6.66. The number of hydrogen-bond acceptors (Lipinski definition) is 4. The molecule has 0 saturated heterocycles. The summed E-state index contributed by atoms with van der Waals surface area (Å²) in [6, 6.07) is 14.9. The molecule has 1 aromatic heterocycles. The van der Waals surface area contributed by atoms with Crippen molar-refractivity contribution in [1.82, 2.24) is 9.78 Å². The molecule has 6 heteroatoms. The summed E-state index contributed by atoms with van der Waals surface area (Å²) in [7, 11) is 1.85. The zero-order valence-corrected chi connectivity index (χ0v) is 17.1. The van der Waals surface area contributed by atoms with Crippen molar-refractivity contribution >= 4 is 23.1 Å². The average Bonchev–Trinajstić information content (AvgIpc) is 2.93. The number of halogens is 1. The lowest BCUT2D eigenvalue weighted by Gasteiger charge is -2.11. The molecule has 0 unspecified atom stereocenters. The molecule has 2 aromatic carbocycles. The molecule has 146 valence electrons. The maximum absolute atomic E-state index is 12.0. The molecular weight excluding hydrogens is 374 g/mol. The first-order valence-corrected chi connectivity index (χ1v) is 9.68. The predicted octanol–water partition coefficient (Wildman–Crippen LogP) is 5.77. The first-order chi connectivity index (χ1) is 13.5. The summed E-state index contributed by atoms with van der Waals surface area (Å²) in [5.41, 5.74) is 3.54. The Morgan fingerprint density at radius 3 is 2.64 bits per heavy atom. The number of aryl methyl sites for hydroxylation is 2. The molecule has 0 aliphatic carbocycles. The van der Waals surface area contributed by atoms with E-state index in [1.54, 1.807) is 16.8 Å². The van der Waals surface area contributed by atoms with E-state index in [0.717, 1.165) is 28.9 Å². The van der Waals surface area contributed by atoms with Gasteiger partial charge in [-0.1, -0.05) is 24.6 Å². The number of nitrogens with zero attached hydrogens (tertiary/aromatic N) is 2. The minimum atomic E-state index is 0.175. The SMILES string of the molecule is CCCC(=O)c1ccc(NCc2c(C)nn(C)c2Oc2cccc(Cl)c2)cc1. The topological polar surface area (TPSA) is 56.2 Å². The maximum Gasteiger partial charge on any atom is 0.222 e. The Kier molecular flexibility index (Phi) is 6.37. The van der Waals surface area contributed by atoms with Gasteiger partial charge in [-0.05, 0) is 55.8 Å². The van der Waals surface area contributed by atoms with Crippen LogP contribution in [0.4, 0.5) is 5.69 Å². The molecule has 28 heavy (non-hydrogen) atoms. The van der Waals surface area contributed by atoms with E-state index in [1.807, 2.05) is 57.3 Å². The van der Waals surface area contributed by atoms with E-state index in [2.05, 4.69) is 10.4 Å². The number of hydrogen-bond donors (Lipinski definition) is 1. The van der Waals surface area contributed by atoms with Gasteiger partial charge in [0.2, 0.25) is 5.88 Å². The highest BCUT2D eigenvalue weighted by molar-refractivity contribution is 6.30. The summed E-state index contributed by atoms with van der Waals surface area (Å²) in [6.07, 6.45) is 1.43. The third-order valence-electron chi connectivity index (χ3n) is 4.45. The Hall–Kier alpha value is -2.79. The monoisotopic (exact) mass is 397 g/mol. The fraction of sp³-hybridized carbons (Fsp3) is 0.273. The van der Waals surface area contributed by atoms with Crippen molar-refractivity contribution in [2.24, 2.45) is 7.05 Å². The van der Waals surface area contributed by atoms with Crippen LogP contribution in [0.5, 0.6) is 11.6 Å². The van der Waals surface area contributed by atoms with Gasteiger partial charge in [0.15, 0.2) is 5.78 Å². The molecule has 0 amide bonds. The highest BCUT2D eigenvalue weighted by atomic mass is 35.5. The zero-order chi connectivity index (χ0) is 20.1. The highest BCUT2D eigenvalue weighted by Crippen LogP contribution is 2.29. The average molecular weight is 398 g/mol. The van der Waals surface area contributed by atoms with Gasteiger partial charge < -0.3 is 10.1 Å². The lowest BCUT2D eigenvalue weighted by Crippen LogP contribution is -2.03. The molecule has 0 radical (unpaired) electrons. The Morgan fingerprint density at radius 2 is 1.96 bits per heavy atom. The summed E-state index contributed by atoms with van der Waals surface area (Å²) >= 11 is 6.05. The number of ether oxygens (including phenoxy) is 1. The number of aromatic nitrogens is 2. The number of nitrogens with one attached hydrogen (secondary N) is 1. The second-order valence-corrected chi connectivity index (χ2v) is 7.09. The molecule has 0 aliphatic rings. The van der Waals surface area contributed by atoms with Crippen LogP contribution in [0.1, 0.15) is 41.4 Å². The summed E-state index contributed by atoms with van der Waals surface area (Å²) in [6.45, 7) is 4.51. The minimum Gasteiger partial charge on any atom is -0.439 e. The van der Waals surface area contributed by atoms with Gasteiger partial charge in [0, 0.05) is 36.3 Å². The number of carbonyl (C=O) groups excluding carboxylic acids is 1. The van der Waals surface area contributed by atoms with Crippen LogP contribution in [0.3, 0.4) is 0 Å². The molecule has 3 rings (SSSR count). The maximum atomic E-state index is 12.0. The number of carbonyl (C=O) groups is 1. The third kappa shape index (κ3) is 4.73. The van der Waals surface area contributed by atoms with Crippen LogP contribution in [-0.2, 0) is 13.6 Å². The lowest BCUT2D eigenvalue weighted by atomic mass is 10.1. The molecule has 1 heterocycles. The molecule has 0 atom stereocenters. The molecule has 5 nitrogen and oxygen atoms in total. The first kappa shape index (κ1) is 20.0. The van der Waals surface area contributed by atoms with Crippen LogP contribution in [0, 0.1) is 6.92 Å². The van der Waals surface area contributed by atoms with Crippen LogP contribution >= 0.6 is 11.6 Å². The van der Waals surface area contributed by atoms with Gasteiger partial charge in [-0.3, -0.25) is 4.79 Å². The molecule has 0 saturated carbocycles. The van der Waals surface area contributed by atoms with E-state index < -0.39 is 0 Å². The number of rotatable bonds is 8. The smallest absolute Gasteiger partial charge is 0.222 e. The van der Waals surface area contributed by atoms with E-state index in [1.165, 1.54) is 0 Å². The molecule has 1 N–H and O–H groups in total. The number of anilines is 1. The fourth-order valence-electron chi connectivity index (χ4n) is 2.99. The van der Waals surface area contributed by atoms with Crippen molar-refractivity contribution in [1.29, 1.82) is 0 Å². The molecular formula is C22H24ClN3O2. The molecule has 0 aliphatic heterocycles. The van der Waals surface area contributed by atoms with Gasteiger partial charge in [0.25, 0.3) is 0 Å². The molecule has 0 spiro atoms. The van der Waals surface area contributed by atoms with Gasteiger partial charge in [-0.15, -0.1) is 0 Å². The van der Waals surface area contributed by atoms with Crippen LogP contribution in [0.25, 0.3) is 0 Å². The van der Waals surface area contributed by atoms with E-state index in [9.17, 15) is 4.79 Å². The van der Waals surface area contributed by atoms with Gasteiger partial charge in [-0.25, -0.2) is 4.68 Å². The van der Waals surface area contributed by atoms with Crippen molar-refractivity contribution in [3.05, 3.63) is 70.4 Å². The van der Waals surface area contributed by atoms with Crippen molar-refractivity contribution in [3.8, 4) is 11.6 Å². The highest BCUT2D eigenvalue weighted by Gasteiger charge is 2.16. The molecule has 0 bridgehead atoms. The van der Waals surface area contributed by atoms with Crippen molar-refractivity contribution in [3.63, 3.8) is 0 Å². The Balaban J connectivity index is 1.73. The van der Waals surface area contributed by atoms with Crippen LogP contribution in [0.2, 0.25) is 5.02 Å². The van der Waals surface area contributed by atoms with Crippen molar-refractivity contribution < 1.29 is 9.53 Å². The van der Waals surface area contributed by atoms with Crippen molar-refractivity contribution in [2.45, 2.75) is 33.2 Å². The van der Waals surface area contributed by atoms with Crippen LogP contribution in [-0.4, -0.2) is 15.6 Å². The Bertz CT molecular complexity index is 964. The van der Waals surface area contributed by atoms with E-state index in [0.29, 0.717) is 29.6 Å². The Morgan fingerprint density at radius 1 is 1.21 bits per heavy atom. The lowest BCUT2D eigenvalue weighted by molar-refractivity contribution is 0.0982. The summed E-state index contributed by atoms with van der Waals surface area (Å²) in [4.78, 5) is 12.0. The van der Waals surface area contributed by atoms with Gasteiger partial charge >= 0.3 is 0 Å². The summed E-state index contributed by atoms with van der Waals surface area (Å²) < 4.78 is 7.76. The van der Waals surface area contributed by atoms with E-state index >= 15 is 0 Å². The second kappa shape index (κ2) is 8.93. The van der Waals surface area contributed by atoms with Crippen LogP contribution < -0.4 is 10.1 Å². The fourth-order valence-corrected chi connectivity index (χ4v) is 3.17. The molecule has 3 aromatic rings. The summed E-state index contributed by atoms with van der Waals surface area (Å²) in [5.74, 6) is 1.51. The number of benzene rings is 2. The quantitative estimate of drug-likeness (QED) is 0.490. The minimum absolute atomic E-state index is 0.175. The number of Topliss-reactive ketones (excluding diaryl/α,β-unsaturated/α-hetero) is 1. The van der Waals surface area contributed by atoms with Gasteiger partial charge in [-0.2, -0.15) is 5.10 Å². The van der Waals surface area contributed by atoms with Crippen molar-refractivity contribution in [2.75, 3.05) is 5.32 Å². The standard InChI is InChI=1S/C22H24ClN3O2/c1-4-6-21(27)16-9-11-18(12-10-16)24-14-20-15(2)25-26(3)22(20)28-19-8-5-7-17(23)13-19/h5,7-13,24H,4,6,14H2,1-3H3.